The molecule has 2 aliphatic carbocycles. The first-order valence-electron chi connectivity index (χ1n) is 5.08. The highest BCUT2D eigenvalue weighted by atomic mass is 32.2. The number of allylic oxidation sites excluding steroid dienone is 4. The zero-order chi connectivity index (χ0) is 9.38. The number of nitrogens with one attached hydrogen (secondary N) is 1. The largest absolute Gasteiger partial charge is 0.302 e. The number of hydrogen-bond donors (Lipinski definition) is 1. The Morgan fingerprint density at radius 2 is 2.14 bits per heavy atom. The molecule has 2 heteroatoms. The summed E-state index contributed by atoms with van der Waals surface area (Å²) in [6.07, 6.45) is 16.6. The Hall–Kier alpha value is -0.730. The van der Waals surface area contributed by atoms with E-state index in [9.17, 15) is 0 Å². The molecule has 1 fully saturated rings. The fourth-order valence-electron chi connectivity index (χ4n) is 2.12. The van der Waals surface area contributed by atoms with Crippen LogP contribution >= 0.6 is 11.8 Å². The van der Waals surface area contributed by atoms with Crippen molar-refractivity contribution in [3.05, 3.63) is 47.4 Å². The number of hydrogen-bond acceptors (Lipinski definition) is 2. The average Bonchev–Trinajstić information content (AvgIpc) is 2.26. The van der Waals surface area contributed by atoms with Crippen LogP contribution in [0.2, 0.25) is 0 Å². The van der Waals surface area contributed by atoms with Gasteiger partial charge in [-0.3, -0.25) is 0 Å². The molecule has 1 aliphatic heterocycles. The summed E-state index contributed by atoms with van der Waals surface area (Å²) in [7, 11) is 0. The summed E-state index contributed by atoms with van der Waals surface area (Å²) in [5.74, 6) is 0. The number of thioether (sulfide) groups is 1. The highest BCUT2D eigenvalue weighted by Gasteiger charge is 2.31. The zero-order valence-corrected chi connectivity index (χ0v) is 8.71. The van der Waals surface area contributed by atoms with Crippen molar-refractivity contribution in [1.29, 1.82) is 0 Å². The third kappa shape index (κ3) is 1.39. The fourth-order valence-corrected chi connectivity index (χ4v) is 3.41. The first kappa shape index (κ1) is 8.57. The number of rotatable bonds is 0. The van der Waals surface area contributed by atoms with Crippen LogP contribution in [0.1, 0.15) is 6.42 Å². The van der Waals surface area contributed by atoms with Crippen LogP contribution in [0.15, 0.2) is 47.4 Å². The molecule has 0 spiro atoms. The second-order valence-electron chi connectivity index (χ2n) is 3.83. The second kappa shape index (κ2) is 3.44. The van der Waals surface area contributed by atoms with Gasteiger partial charge >= 0.3 is 0 Å². The van der Waals surface area contributed by atoms with Gasteiger partial charge < -0.3 is 5.32 Å². The van der Waals surface area contributed by atoms with Gasteiger partial charge in [0.25, 0.3) is 0 Å². The Morgan fingerprint density at radius 1 is 1.21 bits per heavy atom. The van der Waals surface area contributed by atoms with E-state index < -0.39 is 0 Å². The Balaban J connectivity index is 1.86. The smallest absolute Gasteiger partial charge is 0.0464 e. The van der Waals surface area contributed by atoms with Gasteiger partial charge in [-0.05, 0) is 6.42 Å². The van der Waals surface area contributed by atoms with Crippen LogP contribution < -0.4 is 5.32 Å². The van der Waals surface area contributed by atoms with E-state index in [-0.39, 0.29) is 0 Å². The van der Waals surface area contributed by atoms with Crippen molar-refractivity contribution in [1.82, 2.24) is 5.32 Å². The lowest BCUT2D eigenvalue weighted by atomic mass is 10.0. The molecule has 1 heterocycles. The Bertz CT molecular complexity index is 351. The van der Waals surface area contributed by atoms with Gasteiger partial charge in [-0.2, -0.15) is 0 Å². The summed E-state index contributed by atoms with van der Waals surface area (Å²) in [6, 6.07) is 1.08. The first-order valence-corrected chi connectivity index (χ1v) is 5.96. The van der Waals surface area contributed by atoms with Gasteiger partial charge in [0.05, 0.1) is 0 Å². The molecule has 0 radical (unpaired) electrons. The van der Waals surface area contributed by atoms with E-state index in [1.807, 2.05) is 11.8 Å². The molecule has 1 nitrogen and oxygen atoms in total. The van der Waals surface area contributed by atoms with Crippen LogP contribution in [0, 0.1) is 0 Å². The standard InChI is InChI=1S/C12H13NS/c1-3-7-11-9(5-1)13-10-6-2-4-8-12(10)14-11/h1-5,7-11,13H,6H2. The molecule has 0 aromatic carbocycles. The molecule has 3 atom stereocenters. The van der Waals surface area contributed by atoms with Gasteiger partial charge in [-0.25, -0.2) is 0 Å². The van der Waals surface area contributed by atoms with Crippen LogP contribution in [0.5, 0.6) is 0 Å². The molecule has 72 valence electrons. The third-order valence-electron chi connectivity index (χ3n) is 2.86. The minimum Gasteiger partial charge on any atom is -0.302 e. The molecule has 1 N–H and O–H groups in total. The zero-order valence-electron chi connectivity index (χ0n) is 7.89. The maximum absolute atomic E-state index is 3.68. The maximum atomic E-state index is 3.68. The molecule has 14 heavy (non-hydrogen) atoms. The summed E-state index contributed by atoms with van der Waals surface area (Å²) in [5, 5.41) is 4.27. The minimum absolute atomic E-state index is 0.527. The Kier molecular flexibility index (Phi) is 2.11. The molecule has 3 aliphatic rings. The van der Waals surface area contributed by atoms with E-state index in [1.54, 1.807) is 0 Å². The van der Waals surface area contributed by atoms with Crippen molar-refractivity contribution in [2.45, 2.75) is 23.8 Å². The van der Waals surface area contributed by atoms with E-state index in [2.05, 4.69) is 47.8 Å². The third-order valence-corrected chi connectivity index (χ3v) is 4.28. The van der Waals surface area contributed by atoms with Crippen molar-refractivity contribution in [2.75, 3.05) is 0 Å². The van der Waals surface area contributed by atoms with Gasteiger partial charge in [0.2, 0.25) is 0 Å². The lowest BCUT2D eigenvalue weighted by molar-refractivity contribution is 0.517. The predicted molar refractivity (Wildman–Crippen MR) is 62.2 cm³/mol. The lowest BCUT2D eigenvalue weighted by Gasteiger charge is -2.37. The lowest BCUT2D eigenvalue weighted by Crippen LogP contribution is -2.48. The van der Waals surface area contributed by atoms with Crippen molar-refractivity contribution in [2.24, 2.45) is 0 Å². The van der Waals surface area contributed by atoms with E-state index in [1.165, 1.54) is 4.91 Å². The molecule has 0 aromatic rings. The van der Waals surface area contributed by atoms with Gasteiger partial charge in [0.15, 0.2) is 0 Å². The van der Waals surface area contributed by atoms with Gasteiger partial charge in [0, 0.05) is 22.2 Å². The van der Waals surface area contributed by atoms with E-state index >= 15 is 0 Å². The van der Waals surface area contributed by atoms with Crippen molar-refractivity contribution in [3.63, 3.8) is 0 Å². The van der Waals surface area contributed by atoms with Crippen LogP contribution in [-0.4, -0.2) is 17.3 Å². The van der Waals surface area contributed by atoms with Crippen LogP contribution in [-0.2, 0) is 0 Å². The molecule has 0 bridgehead atoms. The van der Waals surface area contributed by atoms with Crippen LogP contribution in [0.25, 0.3) is 0 Å². The van der Waals surface area contributed by atoms with Crippen LogP contribution in [0.3, 0.4) is 0 Å². The fraction of sp³-hybridized carbons (Fsp3) is 0.333. The SMILES string of the molecule is C1=CCC2NC3C=CC=CC3SC2=C1. The molecular weight excluding hydrogens is 190 g/mol. The summed E-state index contributed by atoms with van der Waals surface area (Å²) >= 11 is 2.01. The minimum atomic E-state index is 0.527. The van der Waals surface area contributed by atoms with Crippen molar-refractivity contribution < 1.29 is 0 Å². The highest BCUT2D eigenvalue weighted by Crippen LogP contribution is 2.37. The second-order valence-corrected chi connectivity index (χ2v) is 5.08. The maximum Gasteiger partial charge on any atom is 0.0464 e. The summed E-state index contributed by atoms with van der Waals surface area (Å²) in [6.45, 7) is 0. The molecule has 0 amide bonds. The van der Waals surface area contributed by atoms with Gasteiger partial charge in [0.1, 0.15) is 0 Å². The molecule has 0 saturated carbocycles. The highest BCUT2D eigenvalue weighted by molar-refractivity contribution is 8.04. The molecule has 1 saturated heterocycles. The van der Waals surface area contributed by atoms with Crippen LogP contribution in [0.4, 0.5) is 0 Å². The van der Waals surface area contributed by atoms with E-state index in [4.69, 9.17) is 0 Å². The topological polar surface area (TPSA) is 12.0 Å². The quantitative estimate of drug-likeness (QED) is 0.649. The summed E-state index contributed by atoms with van der Waals surface area (Å²) < 4.78 is 0. The molecule has 3 rings (SSSR count). The van der Waals surface area contributed by atoms with Crippen molar-refractivity contribution >= 4 is 11.8 Å². The first-order chi connectivity index (χ1) is 6.93. The molecule has 0 aromatic heterocycles. The van der Waals surface area contributed by atoms with Gasteiger partial charge in [-0.15, -0.1) is 11.8 Å². The monoisotopic (exact) mass is 203 g/mol. The van der Waals surface area contributed by atoms with Gasteiger partial charge in [-0.1, -0.05) is 42.5 Å². The number of fused-ring (bicyclic) bond motifs is 2. The van der Waals surface area contributed by atoms with E-state index in [0.717, 1.165) is 6.42 Å². The van der Waals surface area contributed by atoms with Crippen molar-refractivity contribution in [3.8, 4) is 0 Å². The predicted octanol–water partition coefficient (Wildman–Crippen LogP) is 2.40. The normalized spacial score (nSPS) is 38.9. The Labute approximate surface area is 88.7 Å². The summed E-state index contributed by atoms with van der Waals surface area (Å²) in [4.78, 5) is 1.49. The molecular formula is C12H13NS. The average molecular weight is 203 g/mol. The van der Waals surface area contributed by atoms with E-state index in [0.29, 0.717) is 17.3 Å². The molecule has 3 unspecified atom stereocenters. The Morgan fingerprint density at radius 3 is 3.14 bits per heavy atom. The summed E-state index contributed by atoms with van der Waals surface area (Å²) in [5.41, 5.74) is 0.